The Morgan fingerprint density at radius 2 is 1.66 bits per heavy atom. The summed E-state index contributed by atoms with van der Waals surface area (Å²) >= 11 is 0. The van der Waals surface area contributed by atoms with Crippen molar-refractivity contribution in [1.82, 2.24) is 10.2 Å². The second-order valence-corrected chi connectivity index (χ2v) is 13.0. The summed E-state index contributed by atoms with van der Waals surface area (Å²) in [7, 11) is 3.38. The third kappa shape index (κ3) is 5.37. The fraction of sp³-hybridized carbons (Fsp3) is 0.394. The molecule has 232 valence electrons. The number of phenolic OH excluding ortho intramolecular Hbond substituents is 1. The summed E-state index contributed by atoms with van der Waals surface area (Å²) in [6.07, 6.45) is 0.550. The molecule has 7 N–H and O–H groups in total. The zero-order valence-corrected chi connectivity index (χ0v) is 25.4. The van der Waals surface area contributed by atoms with E-state index in [0.29, 0.717) is 16.8 Å². The smallest absolute Gasteiger partial charge is 0.255 e. The van der Waals surface area contributed by atoms with Crippen molar-refractivity contribution in [2.24, 2.45) is 23.5 Å². The van der Waals surface area contributed by atoms with Gasteiger partial charge in [0.05, 0.1) is 24.1 Å². The van der Waals surface area contributed by atoms with Crippen LogP contribution in [0.5, 0.6) is 5.75 Å². The minimum absolute atomic E-state index is 0.0317. The van der Waals surface area contributed by atoms with E-state index in [4.69, 9.17) is 5.73 Å². The maximum absolute atomic E-state index is 13.9. The largest absolute Gasteiger partial charge is 0.511 e. The van der Waals surface area contributed by atoms with Gasteiger partial charge < -0.3 is 31.7 Å². The Bertz CT molecular complexity index is 1630. The summed E-state index contributed by atoms with van der Waals surface area (Å²) < 4.78 is 0. The van der Waals surface area contributed by atoms with Crippen molar-refractivity contribution in [2.45, 2.75) is 45.2 Å². The molecule has 5 rings (SSSR count). The van der Waals surface area contributed by atoms with Crippen LogP contribution in [0.2, 0.25) is 0 Å². The standard InChI is InChI=1S/C33H38N4O7/c1-33(2,3)35-14-22(39)36-17-8-6-15(7-9-17)18-10-11-21(38)24-19(18)12-16-13-20-25(29(41)23(16)28(24)40)30(42)26(32(34)44)31(43)27(20)37(4)5/h6-11,16,20,25,27,35,38,41,43H,12-14H2,1-5H3,(H2,34,44)(H,36,39)/t16-,20+,25?,27-/m0/s1. The Balaban J connectivity index is 1.50. The number of nitrogens with two attached hydrogens (primary N) is 1. The molecule has 0 fully saturated rings. The number of benzene rings is 2. The fourth-order valence-electron chi connectivity index (χ4n) is 6.82. The molecule has 44 heavy (non-hydrogen) atoms. The molecule has 0 aliphatic heterocycles. The maximum Gasteiger partial charge on any atom is 0.255 e. The first-order valence-electron chi connectivity index (χ1n) is 14.5. The van der Waals surface area contributed by atoms with E-state index >= 15 is 0 Å². The molecule has 0 aromatic heterocycles. The number of hydrogen-bond donors (Lipinski definition) is 6. The van der Waals surface area contributed by atoms with Crippen LogP contribution < -0.4 is 16.4 Å². The van der Waals surface area contributed by atoms with Gasteiger partial charge in [0.2, 0.25) is 5.91 Å². The van der Waals surface area contributed by atoms with Crippen LogP contribution >= 0.6 is 0 Å². The van der Waals surface area contributed by atoms with E-state index in [-0.39, 0.29) is 47.7 Å². The topological polar surface area (TPSA) is 182 Å². The van der Waals surface area contributed by atoms with Crippen molar-refractivity contribution in [3.63, 3.8) is 0 Å². The number of ketones is 2. The molecule has 0 saturated heterocycles. The predicted octanol–water partition coefficient (Wildman–Crippen LogP) is 3.00. The molecule has 0 radical (unpaired) electrons. The van der Waals surface area contributed by atoms with E-state index in [9.17, 15) is 34.5 Å². The van der Waals surface area contributed by atoms with Gasteiger partial charge in [-0.05, 0) is 94.4 Å². The number of hydrogen-bond acceptors (Lipinski definition) is 9. The zero-order valence-electron chi connectivity index (χ0n) is 25.4. The van der Waals surface area contributed by atoms with Gasteiger partial charge in [0.15, 0.2) is 11.6 Å². The Labute approximate surface area is 255 Å². The summed E-state index contributed by atoms with van der Waals surface area (Å²) in [5.74, 6) is -6.20. The molecule has 0 spiro atoms. The number of carbonyl (C=O) groups is 4. The van der Waals surface area contributed by atoms with Gasteiger partial charge in [-0.3, -0.25) is 24.1 Å². The summed E-state index contributed by atoms with van der Waals surface area (Å²) in [5, 5.41) is 39.2. The first-order valence-corrected chi connectivity index (χ1v) is 14.5. The van der Waals surface area contributed by atoms with Gasteiger partial charge in [-0.25, -0.2) is 0 Å². The number of carbonyl (C=O) groups excluding carboxylic acids is 4. The van der Waals surface area contributed by atoms with Crippen molar-refractivity contribution in [2.75, 3.05) is 26.0 Å². The molecule has 0 saturated carbocycles. The van der Waals surface area contributed by atoms with Crippen molar-refractivity contribution >= 4 is 29.1 Å². The first-order chi connectivity index (χ1) is 20.6. The Morgan fingerprint density at radius 3 is 2.25 bits per heavy atom. The Kier molecular flexibility index (Phi) is 7.89. The summed E-state index contributed by atoms with van der Waals surface area (Å²) in [6.45, 7) is 6.07. The van der Waals surface area contributed by atoms with Gasteiger partial charge in [-0.1, -0.05) is 18.2 Å². The second kappa shape index (κ2) is 11.2. The molecule has 4 atom stereocenters. The van der Waals surface area contributed by atoms with Gasteiger partial charge in [-0.15, -0.1) is 0 Å². The number of fused-ring (bicyclic) bond motifs is 3. The van der Waals surface area contributed by atoms with Crippen LogP contribution in [0.3, 0.4) is 0 Å². The lowest BCUT2D eigenvalue weighted by Gasteiger charge is -2.46. The molecule has 11 heteroatoms. The number of aromatic hydroxyl groups is 1. The first kappa shape index (κ1) is 31.0. The van der Waals surface area contributed by atoms with Crippen molar-refractivity contribution < 1.29 is 34.5 Å². The van der Waals surface area contributed by atoms with Gasteiger partial charge >= 0.3 is 0 Å². The van der Waals surface area contributed by atoms with Crippen LogP contribution in [-0.4, -0.2) is 75.8 Å². The van der Waals surface area contributed by atoms with E-state index in [1.807, 2.05) is 32.9 Å². The molecule has 3 aliphatic rings. The normalized spacial score (nSPS) is 23.3. The van der Waals surface area contributed by atoms with Crippen molar-refractivity contribution in [3.05, 3.63) is 70.2 Å². The van der Waals surface area contributed by atoms with Gasteiger partial charge in [0, 0.05) is 16.8 Å². The van der Waals surface area contributed by atoms with Crippen LogP contribution in [0.4, 0.5) is 5.69 Å². The number of rotatable bonds is 6. The molecule has 2 amide bonds. The number of aliphatic hydroxyl groups excluding tert-OH is 2. The highest BCUT2D eigenvalue weighted by atomic mass is 16.3. The van der Waals surface area contributed by atoms with Crippen molar-refractivity contribution in [3.8, 4) is 16.9 Å². The van der Waals surface area contributed by atoms with Gasteiger partial charge in [0.1, 0.15) is 22.8 Å². The lowest BCUT2D eigenvalue weighted by Crippen LogP contribution is -2.53. The molecular weight excluding hydrogens is 564 g/mol. The maximum atomic E-state index is 13.9. The number of phenols is 1. The van der Waals surface area contributed by atoms with Crippen LogP contribution in [-0.2, 0) is 20.8 Å². The average Bonchev–Trinajstić information content (AvgIpc) is 2.91. The highest BCUT2D eigenvalue weighted by molar-refractivity contribution is 6.22. The fourth-order valence-corrected chi connectivity index (χ4v) is 6.82. The van der Waals surface area contributed by atoms with Crippen LogP contribution in [0.15, 0.2) is 59.1 Å². The van der Waals surface area contributed by atoms with Crippen LogP contribution in [0, 0.1) is 17.8 Å². The highest BCUT2D eigenvalue weighted by Gasteiger charge is 2.54. The summed E-state index contributed by atoms with van der Waals surface area (Å²) in [4.78, 5) is 53.5. The minimum atomic E-state index is -1.23. The van der Waals surface area contributed by atoms with Crippen molar-refractivity contribution in [1.29, 1.82) is 0 Å². The van der Waals surface area contributed by atoms with Gasteiger partial charge in [-0.2, -0.15) is 0 Å². The lowest BCUT2D eigenvalue weighted by molar-refractivity contribution is -0.127. The van der Waals surface area contributed by atoms with Crippen LogP contribution in [0.1, 0.15) is 43.1 Å². The molecular formula is C33H38N4O7. The molecule has 2 aromatic carbocycles. The monoisotopic (exact) mass is 602 g/mol. The van der Waals surface area contributed by atoms with Crippen LogP contribution in [0.25, 0.3) is 11.1 Å². The molecule has 1 unspecified atom stereocenters. The second-order valence-electron chi connectivity index (χ2n) is 13.0. The zero-order chi connectivity index (χ0) is 32.2. The average molecular weight is 603 g/mol. The van der Waals surface area contributed by atoms with E-state index in [1.165, 1.54) is 6.07 Å². The molecule has 0 bridgehead atoms. The number of Topliss-reactive ketones (excluding diaryl/α,β-unsaturated/α-hetero) is 2. The molecule has 11 nitrogen and oxygen atoms in total. The predicted molar refractivity (Wildman–Crippen MR) is 164 cm³/mol. The highest BCUT2D eigenvalue weighted by Crippen LogP contribution is 2.51. The number of nitrogens with one attached hydrogen (secondary N) is 2. The Hall–Kier alpha value is -4.48. The number of amides is 2. The third-order valence-corrected chi connectivity index (χ3v) is 8.71. The number of primary amides is 1. The van der Waals surface area contributed by atoms with Gasteiger partial charge in [0.25, 0.3) is 5.91 Å². The van der Waals surface area contributed by atoms with E-state index in [1.54, 1.807) is 37.2 Å². The lowest BCUT2D eigenvalue weighted by atomic mass is 9.60. The molecule has 3 aliphatic carbocycles. The van der Waals surface area contributed by atoms with E-state index in [0.717, 1.165) is 5.56 Å². The number of likely N-dealkylation sites (N-methyl/N-ethyl adjacent to an activating group) is 1. The molecule has 0 heterocycles. The summed E-state index contributed by atoms with van der Waals surface area (Å²) in [6, 6.07) is 9.52. The third-order valence-electron chi connectivity index (χ3n) is 8.71. The van der Waals surface area contributed by atoms with E-state index in [2.05, 4.69) is 10.6 Å². The number of aliphatic hydroxyl groups is 2. The molecule has 2 aromatic rings. The summed E-state index contributed by atoms with van der Waals surface area (Å²) in [5.41, 5.74) is 7.41. The number of nitrogens with zero attached hydrogens (tertiary/aromatic N) is 1. The SMILES string of the molecule is CN(C)[C@@H]1C(O)=C(C(N)=O)C(=O)C2C(O)=C3C(=O)c4c(O)ccc(-c5ccc(NC(=O)CNC(C)(C)C)cc5)c4C[C@H]3C[C@H]21. The number of allylic oxidation sites excluding steroid dienone is 2. The van der Waals surface area contributed by atoms with E-state index < -0.39 is 58.4 Å². The Morgan fingerprint density at radius 1 is 1.00 bits per heavy atom. The minimum Gasteiger partial charge on any atom is -0.511 e. The number of anilines is 1. The quantitative estimate of drug-likeness (QED) is 0.271.